The number of halogens is 1. The number of nitrogens with zero attached hydrogens (tertiary/aromatic N) is 1. The summed E-state index contributed by atoms with van der Waals surface area (Å²) in [5, 5.41) is 0.260. The maximum atomic E-state index is 12.1. The van der Waals surface area contributed by atoms with Gasteiger partial charge in [-0.3, -0.25) is 4.79 Å². The molecule has 2 aromatic rings. The van der Waals surface area contributed by atoms with Gasteiger partial charge in [-0.2, -0.15) is 0 Å². The molecule has 0 aliphatic rings. The molecule has 0 amide bonds. The van der Waals surface area contributed by atoms with E-state index in [2.05, 4.69) is 9.97 Å². The fourth-order valence-corrected chi connectivity index (χ4v) is 1.76. The van der Waals surface area contributed by atoms with Crippen LogP contribution in [0.2, 0.25) is 5.02 Å². The van der Waals surface area contributed by atoms with Gasteiger partial charge in [-0.05, 0) is 12.1 Å². The topological polar surface area (TPSA) is 72.1 Å². The second-order valence-electron chi connectivity index (χ2n) is 3.85. The Kier molecular flexibility index (Phi) is 3.97. The molecule has 98 valence electrons. The predicted molar refractivity (Wildman–Crippen MR) is 70.9 cm³/mol. The maximum absolute atomic E-state index is 12.1. The number of ether oxygens (including phenoxy) is 1. The van der Waals surface area contributed by atoms with E-state index in [1.165, 1.54) is 13.3 Å². The van der Waals surface area contributed by atoms with Crippen molar-refractivity contribution < 1.29 is 9.53 Å². The molecule has 6 heteroatoms. The van der Waals surface area contributed by atoms with E-state index in [0.717, 1.165) is 0 Å². The predicted octanol–water partition coefficient (Wildman–Crippen LogP) is 1.86. The van der Waals surface area contributed by atoms with Crippen molar-refractivity contribution in [1.82, 2.24) is 9.97 Å². The highest BCUT2D eigenvalue weighted by atomic mass is 35.5. The van der Waals surface area contributed by atoms with Gasteiger partial charge in [0.15, 0.2) is 5.78 Å². The SMILES string of the molecule is COc1cccc(C(=O)Cc2[nH]c(=O)ncc2Cl)c1. The average Bonchev–Trinajstić information content (AvgIpc) is 2.43. The summed E-state index contributed by atoms with van der Waals surface area (Å²) in [6.07, 6.45) is 1.23. The van der Waals surface area contributed by atoms with Crippen molar-refractivity contribution in [3.63, 3.8) is 0 Å². The number of hydrogen-bond donors (Lipinski definition) is 1. The number of carbonyl (C=O) groups excluding carboxylic acids is 1. The number of carbonyl (C=O) groups is 1. The summed E-state index contributed by atoms with van der Waals surface area (Å²) >= 11 is 5.88. The van der Waals surface area contributed by atoms with Crippen molar-refractivity contribution in [2.24, 2.45) is 0 Å². The molecule has 1 aromatic heterocycles. The standard InChI is InChI=1S/C13H11ClN2O3/c1-19-9-4-2-3-8(5-9)12(17)6-11-10(14)7-15-13(18)16-11/h2-5,7H,6H2,1H3,(H,15,16,18). The summed E-state index contributed by atoms with van der Waals surface area (Å²) in [5.74, 6) is 0.433. The summed E-state index contributed by atoms with van der Waals surface area (Å²) in [4.78, 5) is 29.1. The second-order valence-corrected chi connectivity index (χ2v) is 4.25. The maximum Gasteiger partial charge on any atom is 0.345 e. The number of H-pyrrole nitrogens is 1. The number of aromatic nitrogens is 2. The Labute approximate surface area is 114 Å². The Balaban J connectivity index is 2.25. The van der Waals surface area contributed by atoms with Crippen molar-refractivity contribution in [1.29, 1.82) is 0 Å². The van der Waals surface area contributed by atoms with Crippen LogP contribution in [0.5, 0.6) is 5.75 Å². The normalized spacial score (nSPS) is 10.2. The largest absolute Gasteiger partial charge is 0.497 e. The Morgan fingerprint density at radius 1 is 1.47 bits per heavy atom. The van der Waals surface area contributed by atoms with Crippen LogP contribution >= 0.6 is 11.6 Å². The highest BCUT2D eigenvalue weighted by molar-refractivity contribution is 6.31. The molecule has 0 saturated carbocycles. The van der Waals surface area contributed by atoms with Gasteiger partial charge in [-0.15, -0.1) is 0 Å². The molecular formula is C13H11ClN2O3. The smallest absolute Gasteiger partial charge is 0.345 e. The number of Topliss-reactive ketones (excluding diaryl/α,β-unsaturated/α-hetero) is 1. The van der Waals surface area contributed by atoms with Crippen molar-refractivity contribution in [3.8, 4) is 5.75 Å². The second kappa shape index (κ2) is 5.67. The third kappa shape index (κ3) is 3.20. The van der Waals surface area contributed by atoms with E-state index in [0.29, 0.717) is 17.0 Å². The van der Waals surface area contributed by atoms with Crippen LogP contribution in [-0.4, -0.2) is 22.9 Å². The number of methoxy groups -OCH3 is 1. The molecule has 5 nitrogen and oxygen atoms in total. The van der Waals surface area contributed by atoms with Gasteiger partial charge in [0.2, 0.25) is 0 Å². The molecule has 0 fully saturated rings. The van der Waals surface area contributed by atoms with Gasteiger partial charge in [0.25, 0.3) is 0 Å². The minimum atomic E-state index is -0.530. The monoisotopic (exact) mass is 278 g/mol. The number of benzene rings is 1. The summed E-state index contributed by atoms with van der Waals surface area (Å²) in [6.45, 7) is 0. The van der Waals surface area contributed by atoms with Crippen LogP contribution < -0.4 is 10.4 Å². The number of nitrogens with one attached hydrogen (secondary N) is 1. The van der Waals surface area contributed by atoms with Crippen molar-refractivity contribution in [2.75, 3.05) is 7.11 Å². The van der Waals surface area contributed by atoms with Gasteiger partial charge < -0.3 is 9.72 Å². The van der Waals surface area contributed by atoms with Gasteiger partial charge >= 0.3 is 5.69 Å². The van der Waals surface area contributed by atoms with E-state index < -0.39 is 5.69 Å². The molecule has 0 saturated heterocycles. The van der Waals surface area contributed by atoms with E-state index in [4.69, 9.17) is 16.3 Å². The fraction of sp³-hybridized carbons (Fsp3) is 0.154. The van der Waals surface area contributed by atoms with Crippen LogP contribution in [0.1, 0.15) is 16.1 Å². The Hall–Kier alpha value is -2.14. The molecule has 0 bridgehead atoms. The highest BCUT2D eigenvalue weighted by Gasteiger charge is 2.11. The summed E-state index contributed by atoms with van der Waals surface area (Å²) in [6, 6.07) is 6.79. The summed E-state index contributed by atoms with van der Waals surface area (Å²) in [7, 11) is 1.53. The van der Waals surface area contributed by atoms with Gasteiger partial charge in [0.05, 0.1) is 24.8 Å². The molecule has 0 atom stereocenters. The third-order valence-electron chi connectivity index (χ3n) is 2.57. The average molecular weight is 279 g/mol. The van der Waals surface area contributed by atoms with Gasteiger partial charge in [-0.1, -0.05) is 23.7 Å². The van der Waals surface area contributed by atoms with E-state index in [9.17, 15) is 9.59 Å². The van der Waals surface area contributed by atoms with Gasteiger partial charge in [-0.25, -0.2) is 9.78 Å². The Morgan fingerprint density at radius 2 is 2.26 bits per heavy atom. The number of hydrogen-bond acceptors (Lipinski definition) is 4. The molecule has 1 heterocycles. The first-order chi connectivity index (χ1) is 9.10. The van der Waals surface area contributed by atoms with Gasteiger partial charge in [0.1, 0.15) is 5.75 Å². The summed E-state index contributed by atoms with van der Waals surface area (Å²) < 4.78 is 5.05. The molecule has 0 aliphatic carbocycles. The number of rotatable bonds is 4. The first-order valence-corrected chi connectivity index (χ1v) is 5.89. The van der Waals surface area contributed by atoms with Crippen LogP contribution in [0.3, 0.4) is 0 Å². The lowest BCUT2D eigenvalue weighted by Gasteiger charge is -2.05. The molecule has 0 unspecified atom stereocenters. The summed E-state index contributed by atoms with van der Waals surface area (Å²) in [5.41, 5.74) is 0.320. The Bertz CT molecular complexity index is 667. The zero-order chi connectivity index (χ0) is 13.8. The van der Waals surface area contributed by atoms with Gasteiger partial charge in [0, 0.05) is 11.3 Å². The van der Waals surface area contributed by atoms with E-state index in [1.54, 1.807) is 24.3 Å². The van der Waals surface area contributed by atoms with Crippen LogP contribution in [0, 0.1) is 0 Å². The van der Waals surface area contributed by atoms with E-state index in [1.807, 2.05) is 0 Å². The molecule has 1 N–H and O–H groups in total. The zero-order valence-electron chi connectivity index (χ0n) is 10.1. The third-order valence-corrected chi connectivity index (χ3v) is 2.90. The van der Waals surface area contributed by atoms with E-state index >= 15 is 0 Å². The first-order valence-electron chi connectivity index (χ1n) is 5.51. The highest BCUT2D eigenvalue weighted by Crippen LogP contribution is 2.16. The lowest BCUT2D eigenvalue weighted by molar-refractivity contribution is 0.0991. The minimum absolute atomic E-state index is 0.00373. The molecule has 2 rings (SSSR count). The lowest BCUT2D eigenvalue weighted by atomic mass is 10.1. The number of aromatic amines is 1. The molecule has 0 radical (unpaired) electrons. The first kappa shape index (κ1) is 13.3. The zero-order valence-corrected chi connectivity index (χ0v) is 10.9. The molecule has 0 spiro atoms. The van der Waals surface area contributed by atoms with Crippen molar-refractivity contribution in [2.45, 2.75) is 6.42 Å². The van der Waals surface area contributed by atoms with Crippen LogP contribution in [0.4, 0.5) is 0 Å². The minimum Gasteiger partial charge on any atom is -0.497 e. The molecule has 19 heavy (non-hydrogen) atoms. The quantitative estimate of drug-likeness (QED) is 0.867. The van der Waals surface area contributed by atoms with Crippen LogP contribution in [0.25, 0.3) is 0 Å². The molecular weight excluding hydrogens is 268 g/mol. The number of ketones is 1. The van der Waals surface area contributed by atoms with Crippen molar-refractivity contribution in [3.05, 3.63) is 57.2 Å². The van der Waals surface area contributed by atoms with Crippen molar-refractivity contribution >= 4 is 17.4 Å². The molecule has 0 aliphatic heterocycles. The van der Waals surface area contributed by atoms with Crippen LogP contribution in [-0.2, 0) is 6.42 Å². The molecule has 1 aromatic carbocycles. The lowest BCUT2D eigenvalue weighted by Crippen LogP contribution is -2.15. The Morgan fingerprint density at radius 3 is 3.00 bits per heavy atom. The fourth-order valence-electron chi connectivity index (χ4n) is 1.60. The van der Waals surface area contributed by atoms with E-state index in [-0.39, 0.29) is 17.2 Å². The van der Waals surface area contributed by atoms with Crippen LogP contribution in [0.15, 0.2) is 35.3 Å².